The summed E-state index contributed by atoms with van der Waals surface area (Å²) in [5, 5.41) is 1.29. The van der Waals surface area contributed by atoms with E-state index in [2.05, 4.69) is 29.4 Å². The van der Waals surface area contributed by atoms with E-state index in [1.54, 1.807) is 0 Å². The lowest BCUT2D eigenvalue weighted by molar-refractivity contribution is -0.119. The van der Waals surface area contributed by atoms with E-state index in [0.29, 0.717) is 11.7 Å². The zero-order chi connectivity index (χ0) is 12.4. The van der Waals surface area contributed by atoms with Crippen molar-refractivity contribution in [1.29, 1.82) is 0 Å². The molecule has 0 aliphatic heterocycles. The number of carbonyl (C=O) groups excluding carboxylic acids is 1. The second-order valence-electron chi connectivity index (χ2n) is 5.33. The molecule has 2 heteroatoms. The average molecular weight is 241 g/mol. The Labute approximate surface area is 107 Å². The number of hydrogen-bond acceptors (Lipinski definition) is 1. The van der Waals surface area contributed by atoms with E-state index in [0.717, 1.165) is 25.7 Å². The van der Waals surface area contributed by atoms with Crippen molar-refractivity contribution in [3.8, 4) is 0 Å². The number of hydrogen-bond donors (Lipinski definition) is 1. The molecule has 1 fully saturated rings. The van der Waals surface area contributed by atoms with E-state index in [-0.39, 0.29) is 0 Å². The molecule has 94 valence electrons. The van der Waals surface area contributed by atoms with Crippen LogP contribution >= 0.6 is 0 Å². The second-order valence-corrected chi connectivity index (χ2v) is 5.33. The second kappa shape index (κ2) is 4.97. The smallest absolute Gasteiger partial charge is 0.133 e. The van der Waals surface area contributed by atoms with Crippen LogP contribution in [-0.4, -0.2) is 10.8 Å². The van der Waals surface area contributed by atoms with Gasteiger partial charge in [0.2, 0.25) is 0 Å². The Balaban J connectivity index is 1.94. The molecule has 0 spiro atoms. The quantitative estimate of drug-likeness (QED) is 0.798. The summed E-state index contributed by atoms with van der Waals surface area (Å²) in [5.74, 6) is 0.846. The van der Waals surface area contributed by atoms with Crippen molar-refractivity contribution >= 4 is 16.7 Å². The molecular formula is C16H19NO. The van der Waals surface area contributed by atoms with Crippen LogP contribution < -0.4 is 0 Å². The molecule has 3 rings (SSSR count). The van der Waals surface area contributed by atoms with Crippen LogP contribution in [0.5, 0.6) is 0 Å². The molecule has 18 heavy (non-hydrogen) atoms. The fraction of sp³-hybridized carbons (Fsp3) is 0.438. The predicted octanol–water partition coefficient (Wildman–Crippen LogP) is 4.17. The third kappa shape index (κ3) is 2.20. The maximum atomic E-state index is 11.9. The van der Waals surface area contributed by atoms with Gasteiger partial charge >= 0.3 is 0 Å². The van der Waals surface area contributed by atoms with E-state index in [1.165, 1.54) is 29.3 Å². The fourth-order valence-corrected chi connectivity index (χ4v) is 3.07. The number of rotatable bonds is 1. The monoisotopic (exact) mass is 241 g/mol. The zero-order valence-electron chi connectivity index (χ0n) is 10.6. The highest BCUT2D eigenvalue weighted by Crippen LogP contribution is 2.33. The maximum Gasteiger partial charge on any atom is 0.133 e. The lowest BCUT2D eigenvalue weighted by atomic mass is 9.85. The molecule has 0 bridgehead atoms. The molecule has 1 saturated carbocycles. The Bertz CT molecular complexity index is 555. The number of Topliss-reactive ketones (excluding diaryl/α,β-unsaturated/α-hetero) is 1. The van der Waals surface area contributed by atoms with E-state index in [9.17, 15) is 4.79 Å². The lowest BCUT2D eigenvalue weighted by Gasteiger charge is -2.18. The first kappa shape index (κ1) is 11.5. The summed E-state index contributed by atoms with van der Waals surface area (Å²) < 4.78 is 0. The first-order valence-corrected chi connectivity index (χ1v) is 6.92. The van der Waals surface area contributed by atoms with Crippen LogP contribution in [0.2, 0.25) is 0 Å². The third-order valence-corrected chi connectivity index (χ3v) is 4.04. The standard InChI is InChI=1S/C16H19NO/c18-13-7-3-1-2-6-12(10-13)15-11-17-16-9-5-4-8-14(15)16/h4-5,8-9,11-12,17H,1-3,6-7,10H2. The molecule has 1 unspecified atom stereocenters. The number of ketones is 1. The van der Waals surface area contributed by atoms with Gasteiger partial charge in [0, 0.05) is 29.9 Å². The number of benzene rings is 1. The molecule has 1 aliphatic carbocycles. The Kier molecular flexibility index (Phi) is 3.18. The van der Waals surface area contributed by atoms with Crippen molar-refractivity contribution in [3.05, 3.63) is 36.0 Å². The normalized spacial score (nSPS) is 21.8. The first-order chi connectivity index (χ1) is 8.84. The summed E-state index contributed by atoms with van der Waals surface area (Å²) in [4.78, 5) is 15.2. The molecular weight excluding hydrogens is 222 g/mol. The van der Waals surface area contributed by atoms with Gasteiger partial charge in [0.05, 0.1) is 0 Å². The van der Waals surface area contributed by atoms with Crippen molar-refractivity contribution in [1.82, 2.24) is 4.98 Å². The van der Waals surface area contributed by atoms with Gasteiger partial charge in [0.1, 0.15) is 5.78 Å². The van der Waals surface area contributed by atoms with E-state index >= 15 is 0 Å². The molecule has 1 N–H and O–H groups in total. The van der Waals surface area contributed by atoms with Crippen molar-refractivity contribution in [3.63, 3.8) is 0 Å². The summed E-state index contributed by atoms with van der Waals surface area (Å²) in [7, 11) is 0. The highest BCUT2D eigenvalue weighted by atomic mass is 16.1. The maximum absolute atomic E-state index is 11.9. The number of fused-ring (bicyclic) bond motifs is 1. The molecule has 0 amide bonds. The minimum atomic E-state index is 0.411. The SMILES string of the molecule is O=C1CCCCCC(c2c[nH]c3ccccc23)C1. The van der Waals surface area contributed by atoms with Gasteiger partial charge in [-0.05, 0) is 30.4 Å². The van der Waals surface area contributed by atoms with E-state index < -0.39 is 0 Å². The zero-order valence-corrected chi connectivity index (χ0v) is 10.6. The van der Waals surface area contributed by atoms with Crippen LogP contribution in [0, 0.1) is 0 Å². The third-order valence-electron chi connectivity index (χ3n) is 4.04. The van der Waals surface area contributed by atoms with Gasteiger partial charge in [-0.3, -0.25) is 4.79 Å². The molecule has 1 heterocycles. The van der Waals surface area contributed by atoms with Crippen molar-refractivity contribution < 1.29 is 4.79 Å². The van der Waals surface area contributed by atoms with Gasteiger partial charge in [0.15, 0.2) is 0 Å². The van der Waals surface area contributed by atoms with Crippen LogP contribution in [0.15, 0.2) is 30.5 Å². The summed E-state index contributed by atoms with van der Waals surface area (Å²) in [5.41, 5.74) is 2.52. The number of nitrogens with one attached hydrogen (secondary N) is 1. The largest absolute Gasteiger partial charge is 0.361 e. The topological polar surface area (TPSA) is 32.9 Å². The Morgan fingerprint density at radius 1 is 1.11 bits per heavy atom. The van der Waals surface area contributed by atoms with Gasteiger partial charge in [-0.25, -0.2) is 0 Å². The predicted molar refractivity (Wildman–Crippen MR) is 73.7 cm³/mol. The van der Waals surface area contributed by atoms with Crippen molar-refractivity contribution in [2.75, 3.05) is 0 Å². The van der Waals surface area contributed by atoms with Gasteiger partial charge < -0.3 is 4.98 Å². The Morgan fingerprint density at radius 3 is 2.94 bits per heavy atom. The highest BCUT2D eigenvalue weighted by molar-refractivity contribution is 5.85. The lowest BCUT2D eigenvalue weighted by Crippen LogP contribution is -2.09. The molecule has 0 saturated heterocycles. The molecule has 1 aromatic carbocycles. The van der Waals surface area contributed by atoms with Crippen molar-refractivity contribution in [2.45, 2.75) is 44.4 Å². The molecule has 0 radical (unpaired) electrons. The summed E-state index contributed by atoms with van der Waals surface area (Å²) >= 11 is 0. The molecule has 1 atom stereocenters. The summed E-state index contributed by atoms with van der Waals surface area (Å²) in [6.45, 7) is 0. The number of para-hydroxylation sites is 1. The van der Waals surface area contributed by atoms with Gasteiger partial charge in [-0.1, -0.05) is 31.0 Å². The van der Waals surface area contributed by atoms with Crippen LogP contribution in [0.1, 0.15) is 50.0 Å². The van der Waals surface area contributed by atoms with Crippen LogP contribution in [0.3, 0.4) is 0 Å². The van der Waals surface area contributed by atoms with Crippen LogP contribution in [0.4, 0.5) is 0 Å². The van der Waals surface area contributed by atoms with Gasteiger partial charge in [-0.15, -0.1) is 0 Å². The van der Waals surface area contributed by atoms with Crippen LogP contribution in [0.25, 0.3) is 10.9 Å². The number of aromatic nitrogens is 1. The molecule has 2 aromatic rings. The Hall–Kier alpha value is -1.57. The van der Waals surface area contributed by atoms with E-state index in [1.807, 2.05) is 6.07 Å². The van der Waals surface area contributed by atoms with E-state index in [4.69, 9.17) is 0 Å². The van der Waals surface area contributed by atoms with Crippen LogP contribution in [-0.2, 0) is 4.79 Å². The summed E-state index contributed by atoms with van der Waals surface area (Å²) in [6, 6.07) is 8.38. The number of H-pyrrole nitrogens is 1. The Morgan fingerprint density at radius 2 is 2.00 bits per heavy atom. The molecule has 1 aliphatic rings. The fourth-order valence-electron chi connectivity index (χ4n) is 3.07. The first-order valence-electron chi connectivity index (χ1n) is 6.92. The number of carbonyl (C=O) groups is 1. The average Bonchev–Trinajstić information content (AvgIpc) is 2.77. The minimum Gasteiger partial charge on any atom is -0.361 e. The van der Waals surface area contributed by atoms with Gasteiger partial charge in [-0.2, -0.15) is 0 Å². The van der Waals surface area contributed by atoms with Crippen molar-refractivity contribution in [2.24, 2.45) is 0 Å². The highest BCUT2D eigenvalue weighted by Gasteiger charge is 2.20. The van der Waals surface area contributed by atoms with Gasteiger partial charge in [0.25, 0.3) is 0 Å². The molecule has 1 aromatic heterocycles. The molecule has 2 nitrogen and oxygen atoms in total. The minimum absolute atomic E-state index is 0.411. The summed E-state index contributed by atoms with van der Waals surface area (Å²) in [6.07, 6.45) is 8.28. The number of aromatic amines is 1.